The number of anilines is 3. The summed E-state index contributed by atoms with van der Waals surface area (Å²) in [5, 5.41) is 6.43. The predicted octanol–water partition coefficient (Wildman–Crippen LogP) is 3.24. The average Bonchev–Trinajstić information content (AvgIpc) is 2.61. The molecule has 0 aliphatic heterocycles. The summed E-state index contributed by atoms with van der Waals surface area (Å²) in [5.41, 5.74) is 2.01. The maximum absolute atomic E-state index is 5.21. The topological polar surface area (TPSA) is 72.0 Å². The number of rotatable bonds is 6. The van der Waals surface area contributed by atoms with Crippen molar-refractivity contribution in [1.82, 2.24) is 15.0 Å². The van der Waals surface area contributed by atoms with Crippen LogP contribution >= 0.6 is 0 Å². The van der Waals surface area contributed by atoms with Crippen LogP contribution in [0.15, 0.2) is 61.1 Å². The lowest BCUT2D eigenvalue weighted by molar-refractivity contribution is 0.415. The molecule has 3 aromatic rings. The quantitative estimate of drug-likeness (QED) is 0.728. The first-order valence-corrected chi connectivity index (χ1v) is 7.20. The Bertz CT molecular complexity index is 764. The molecule has 116 valence electrons. The van der Waals surface area contributed by atoms with Gasteiger partial charge in [-0.15, -0.1) is 0 Å². The summed E-state index contributed by atoms with van der Waals surface area (Å²) in [5.74, 6) is 2.06. The second-order valence-electron chi connectivity index (χ2n) is 4.83. The van der Waals surface area contributed by atoms with E-state index in [2.05, 4.69) is 25.6 Å². The fourth-order valence-electron chi connectivity index (χ4n) is 2.04. The zero-order valence-electron chi connectivity index (χ0n) is 12.7. The third kappa shape index (κ3) is 4.16. The maximum atomic E-state index is 5.21. The Balaban J connectivity index is 1.67. The third-order valence-corrected chi connectivity index (χ3v) is 3.20. The van der Waals surface area contributed by atoms with Crippen LogP contribution in [-0.2, 0) is 6.54 Å². The molecule has 0 saturated carbocycles. The Morgan fingerprint density at radius 1 is 1.04 bits per heavy atom. The molecule has 0 spiro atoms. The minimum atomic E-state index is 0.526. The van der Waals surface area contributed by atoms with Gasteiger partial charge in [0.1, 0.15) is 11.6 Å². The number of hydrogen-bond acceptors (Lipinski definition) is 6. The van der Waals surface area contributed by atoms with Crippen LogP contribution in [0.25, 0.3) is 0 Å². The molecule has 0 aliphatic rings. The molecule has 0 saturated heterocycles. The Morgan fingerprint density at radius 3 is 2.74 bits per heavy atom. The van der Waals surface area contributed by atoms with E-state index in [1.54, 1.807) is 25.7 Å². The highest BCUT2D eigenvalue weighted by Crippen LogP contribution is 2.19. The standard InChI is InChI=1S/C17H17N5O/c1-23-15-4-2-3-14(11-15)21-17-19-10-7-16(22-17)20-12-13-5-8-18-9-6-13/h2-11H,12H2,1H3,(H2,19,20,21,22). The van der Waals surface area contributed by atoms with Crippen LogP contribution in [0.1, 0.15) is 5.56 Å². The molecule has 2 heterocycles. The van der Waals surface area contributed by atoms with Crippen molar-refractivity contribution in [3.8, 4) is 5.75 Å². The SMILES string of the molecule is COc1cccc(Nc2nccc(NCc3ccncc3)n2)c1. The molecule has 2 N–H and O–H groups in total. The number of nitrogens with one attached hydrogen (secondary N) is 2. The van der Waals surface area contributed by atoms with Crippen LogP contribution in [-0.4, -0.2) is 22.1 Å². The molecule has 0 bridgehead atoms. The summed E-state index contributed by atoms with van der Waals surface area (Å²) >= 11 is 0. The van der Waals surface area contributed by atoms with Crippen LogP contribution in [0.5, 0.6) is 5.75 Å². The average molecular weight is 307 g/mol. The number of hydrogen-bond donors (Lipinski definition) is 2. The summed E-state index contributed by atoms with van der Waals surface area (Å²) in [6.07, 6.45) is 5.25. The van der Waals surface area contributed by atoms with Gasteiger partial charge in [-0.1, -0.05) is 6.07 Å². The first-order chi connectivity index (χ1) is 11.3. The molecule has 0 fully saturated rings. The summed E-state index contributed by atoms with van der Waals surface area (Å²) in [6.45, 7) is 0.679. The Kier molecular flexibility index (Phi) is 4.63. The molecule has 6 nitrogen and oxygen atoms in total. The van der Waals surface area contributed by atoms with E-state index in [1.165, 1.54) is 0 Å². The van der Waals surface area contributed by atoms with Gasteiger partial charge in [0.15, 0.2) is 0 Å². The van der Waals surface area contributed by atoms with Crippen LogP contribution in [0.2, 0.25) is 0 Å². The highest BCUT2D eigenvalue weighted by molar-refractivity contribution is 5.56. The van der Waals surface area contributed by atoms with Crippen molar-refractivity contribution in [2.24, 2.45) is 0 Å². The fourth-order valence-corrected chi connectivity index (χ4v) is 2.04. The lowest BCUT2D eigenvalue weighted by Gasteiger charge is -2.09. The monoisotopic (exact) mass is 307 g/mol. The molecule has 3 rings (SSSR count). The van der Waals surface area contributed by atoms with E-state index >= 15 is 0 Å². The van der Waals surface area contributed by atoms with Gasteiger partial charge < -0.3 is 15.4 Å². The second-order valence-corrected chi connectivity index (χ2v) is 4.83. The van der Waals surface area contributed by atoms with E-state index < -0.39 is 0 Å². The zero-order chi connectivity index (χ0) is 15.9. The van der Waals surface area contributed by atoms with Crippen LogP contribution in [0, 0.1) is 0 Å². The van der Waals surface area contributed by atoms with Gasteiger partial charge in [0.05, 0.1) is 7.11 Å². The highest BCUT2D eigenvalue weighted by Gasteiger charge is 2.01. The Morgan fingerprint density at radius 2 is 1.91 bits per heavy atom. The van der Waals surface area contributed by atoms with Gasteiger partial charge in [-0.25, -0.2) is 4.98 Å². The summed E-state index contributed by atoms with van der Waals surface area (Å²) in [4.78, 5) is 12.7. The minimum Gasteiger partial charge on any atom is -0.497 e. The van der Waals surface area contributed by atoms with Crippen molar-refractivity contribution in [2.75, 3.05) is 17.7 Å². The molecular weight excluding hydrogens is 290 g/mol. The summed E-state index contributed by atoms with van der Waals surface area (Å²) in [6, 6.07) is 13.4. The van der Waals surface area contributed by atoms with Gasteiger partial charge in [-0.05, 0) is 35.9 Å². The first kappa shape index (κ1) is 14.8. The van der Waals surface area contributed by atoms with E-state index in [9.17, 15) is 0 Å². The van der Waals surface area contributed by atoms with E-state index in [0.717, 1.165) is 22.8 Å². The van der Waals surface area contributed by atoms with E-state index in [1.807, 2.05) is 42.5 Å². The number of nitrogens with zero attached hydrogens (tertiary/aromatic N) is 3. The normalized spacial score (nSPS) is 10.1. The van der Waals surface area contributed by atoms with Crippen molar-refractivity contribution in [2.45, 2.75) is 6.54 Å². The Labute approximate surface area is 134 Å². The molecule has 0 aliphatic carbocycles. The van der Waals surface area contributed by atoms with E-state index in [0.29, 0.717) is 12.5 Å². The fraction of sp³-hybridized carbons (Fsp3) is 0.118. The van der Waals surface area contributed by atoms with Crippen LogP contribution < -0.4 is 15.4 Å². The van der Waals surface area contributed by atoms with Gasteiger partial charge in [-0.2, -0.15) is 4.98 Å². The molecular formula is C17H17N5O. The van der Waals surface area contributed by atoms with Crippen LogP contribution in [0.4, 0.5) is 17.5 Å². The van der Waals surface area contributed by atoms with Crippen molar-refractivity contribution in [3.05, 3.63) is 66.6 Å². The van der Waals surface area contributed by atoms with Gasteiger partial charge in [0.25, 0.3) is 0 Å². The number of ether oxygens (including phenoxy) is 1. The van der Waals surface area contributed by atoms with Crippen molar-refractivity contribution in [3.63, 3.8) is 0 Å². The third-order valence-electron chi connectivity index (χ3n) is 3.20. The van der Waals surface area contributed by atoms with Gasteiger partial charge in [0.2, 0.25) is 5.95 Å². The molecule has 1 aromatic carbocycles. The molecule has 0 radical (unpaired) electrons. The van der Waals surface area contributed by atoms with Gasteiger partial charge in [0, 0.05) is 36.9 Å². The van der Waals surface area contributed by atoms with Crippen molar-refractivity contribution < 1.29 is 4.74 Å². The number of pyridine rings is 1. The van der Waals surface area contributed by atoms with Crippen molar-refractivity contribution in [1.29, 1.82) is 0 Å². The largest absolute Gasteiger partial charge is 0.497 e. The van der Waals surface area contributed by atoms with Crippen LogP contribution in [0.3, 0.4) is 0 Å². The lowest BCUT2D eigenvalue weighted by atomic mass is 10.3. The van der Waals surface area contributed by atoms with E-state index in [4.69, 9.17) is 4.74 Å². The second kappa shape index (κ2) is 7.22. The maximum Gasteiger partial charge on any atom is 0.229 e. The van der Waals surface area contributed by atoms with Gasteiger partial charge >= 0.3 is 0 Å². The molecule has 0 atom stereocenters. The molecule has 0 unspecified atom stereocenters. The zero-order valence-corrected chi connectivity index (χ0v) is 12.7. The molecule has 23 heavy (non-hydrogen) atoms. The summed E-state index contributed by atoms with van der Waals surface area (Å²) < 4.78 is 5.21. The van der Waals surface area contributed by atoms with Gasteiger partial charge in [-0.3, -0.25) is 4.98 Å². The van der Waals surface area contributed by atoms with E-state index in [-0.39, 0.29) is 0 Å². The minimum absolute atomic E-state index is 0.526. The lowest BCUT2D eigenvalue weighted by Crippen LogP contribution is -2.04. The molecule has 0 amide bonds. The first-order valence-electron chi connectivity index (χ1n) is 7.20. The summed E-state index contributed by atoms with van der Waals surface area (Å²) in [7, 11) is 1.64. The number of aromatic nitrogens is 3. The molecule has 2 aromatic heterocycles. The predicted molar refractivity (Wildman–Crippen MR) is 89.9 cm³/mol. The number of benzene rings is 1. The molecule has 6 heteroatoms. The highest BCUT2D eigenvalue weighted by atomic mass is 16.5. The van der Waals surface area contributed by atoms with Crippen molar-refractivity contribution >= 4 is 17.5 Å². The Hall–Kier alpha value is -3.15. The number of methoxy groups -OCH3 is 1. The smallest absolute Gasteiger partial charge is 0.229 e.